The molecule has 1 N–H and O–H groups in total. The molecule has 0 heterocycles. The molecule has 2 nitrogen and oxygen atoms in total. The van der Waals surface area contributed by atoms with Crippen LogP contribution in [0.4, 0.5) is 0 Å². The Morgan fingerprint density at radius 1 is 1.18 bits per heavy atom. The van der Waals surface area contributed by atoms with Crippen LogP contribution in [-0.4, -0.2) is 37.1 Å². The fourth-order valence-corrected chi connectivity index (χ4v) is 3.14. The van der Waals surface area contributed by atoms with Crippen molar-refractivity contribution >= 4 is 0 Å². The van der Waals surface area contributed by atoms with Crippen molar-refractivity contribution in [2.75, 3.05) is 20.1 Å². The standard InChI is InChI=1S/C15H32N2/c1-5-14(6-2)16-11-12-17(4)15-10-8-7-9-13(15)3/h13-16H,5-12H2,1-4H3. The lowest BCUT2D eigenvalue weighted by atomic mass is 9.85. The monoisotopic (exact) mass is 240 g/mol. The molecule has 1 aliphatic carbocycles. The van der Waals surface area contributed by atoms with E-state index in [2.05, 4.69) is 38.0 Å². The van der Waals surface area contributed by atoms with Crippen LogP contribution in [0.15, 0.2) is 0 Å². The predicted octanol–water partition coefficient (Wildman–Crippen LogP) is 3.28. The smallest absolute Gasteiger partial charge is 0.0118 e. The molecule has 0 spiro atoms. The number of hydrogen-bond donors (Lipinski definition) is 1. The SMILES string of the molecule is CCC(CC)NCCN(C)C1CCCCC1C. The van der Waals surface area contributed by atoms with Crippen LogP contribution in [0.2, 0.25) is 0 Å². The maximum atomic E-state index is 3.66. The lowest BCUT2D eigenvalue weighted by Gasteiger charge is -2.36. The van der Waals surface area contributed by atoms with E-state index in [1.807, 2.05) is 0 Å². The Labute approximate surface area is 108 Å². The summed E-state index contributed by atoms with van der Waals surface area (Å²) < 4.78 is 0. The van der Waals surface area contributed by atoms with Crippen molar-refractivity contribution < 1.29 is 0 Å². The molecule has 2 unspecified atom stereocenters. The fourth-order valence-electron chi connectivity index (χ4n) is 3.14. The first-order valence-corrected chi connectivity index (χ1v) is 7.62. The van der Waals surface area contributed by atoms with Gasteiger partial charge in [0, 0.05) is 25.2 Å². The van der Waals surface area contributed by atoms with Crippen LogP contribution in [0.1, 0.15) is 59.3 Å². The molecule has 0 aliphatic heterocycles. The minimum atomic E-state index is 0.715. The maximum absolute atomic E-state index is 3.66. The van der Waals surface area contributed by atoms with Gasteiger partial charge in [-0.05, 0) is 38.6 Å². The molecule has 1 aliphatic rings. The molecule has 1 fully saturated rings. The van der Waals surface area contributed by atoms with E-state index in [9.17, 15) is 0 Å². The highest BCUT2D eigenvalue weighted by Gasteiger charge is 2.24. The van der Waals surface area contributed by atoms with Crippen LogP contribution in [0.5, 0.6) is 0 Å². The van der Waals surface area contributed by atoms with E-state index < -0.39 is 0 Å². The van der Waals surface area contributed by atoms with Crippen molar-refractivity contribution in [3.05, 3.63) is 0 Å². The third-order valence-corrected chi connectivity index (χ3v) is 4.52. The van der Waals surface area contributed by atoms with Gasteiger partial charge in [0.05, 0.1) is 0 Å². The highest BCUT2D eigenvalue weighted by molar-refractivity contribution is 4.79. The highest BCUT2D eigenvalue weighted by atomic mass is 15.1. The van der Waals surface area contributed by atoms with Crippen molar-refractivity contribution in [1.29, 1.82) is 0 Å². The van der Waals surface area contributed by atoms with Crippen molar-refractivity contribution in [3.63, 3.8) is 0 Å². The van der Waals surface area contributed by atoms with Crippen molar-refractivity contribution in [2.45, 2.75) is 71.4 Å². The summed E-state index contributed by atoms with van der Waals surface area (Å²) in [6.45, 7) is 9.31. The summed E-state index contributed by atoms with van der Waals surface area (Å²) >= 11 is 0. The van der Waals surface area contributed by atoms with Gasteiger partial charge in [-0.2, -0.15) is 0 Å². The van der Waals surface area contributed by atoms with Crippen LogP contribution >= 0.6 is 0 Å². The van der Waals surface area contributed by atoms with Gasteiger partial charge in [-0.25, -0.2) is 0 Å². The number of rotatable bonds is 7. The molecule has 0 saturated heterocycles. The van der Waals surface area contributed by atoms with Crippen LogP contribution in [-0.2, 0) is 0 Å². The Morgan fingerprint density at radius 3 is 2.41 bits per heavy atom. The quantitative estimate of drug-likeness (QED) is 0.735. The average Bonchev–Trinajstić information content (AvgIpc) is 2.35. The van der Waals surface area contributed by atoms with Crippen LogP contribution in [0.3, 0.4) is 0 Å². The van der Waals surface area contributed by atoms with E-state index in [-0.39, 0.29) is 0 Å². The van der Waals surface area contributed by atoms with Gasteiger partial charge in [-0.1, -0.05) is 33.6 Å². The number of hydrogen-bond acceptors (Lipinski definition) is 2. The molecule has 0 aromatic carbocycles. The molecule has 0 aromatic rings. The number of likely N-dealkylation sites (N-methyl/N-ethyl adjacent to an activating group) is 1. The van der Waals surface area contributed by atoms with Crippen LogP contribution in [0, 0.1) is 5.92 Å². The van der Waals surface area contributed by atoms with Gasteiger partial charge < -0.3 is 10.2 Å². The minimum absolute atomic E-state index is 0.715. The minimum Gasteiger partial charge on any atom is -0.313 e. The van der Waals surface area contributed by atoms with E-state index in [0.29, 0.717) is 6.04 Å². The number of nitrogens with one attached hydrogen (secondary N) is 1. The zero-order valence-electron chi connectivity index (χ0n) is 12.3. The molecule has 0 radical (unpaired) electrons. The second-order valence-electron chi connectivity index (χ2n) is 5.78. The Hall–Kier alpha value is -0.0800. The Balaban J connectivity index is 2.21. The summed E-state index contributed by atoms with van der Waals surface area (Å²) in [4.78, 5) is 2.58. The predicted molar refractivity (Wildman–Crippen MR) is 76.4 cm³/mol. The molecule has 2 heteroatoms. The highest BCUT2D eigenvalue weighted by Crippen LogP contribution is 2.26. The van der Waals surface area contributed by atoms with Crippen molar-refractivity contribution in [1.82, 2.24) is 10.2 Å². The van der Waals surface area contributed by atoms with Crippen LogP contribution in [0.25, 0.3) is 0 Å². The summed E-state index contributed by atoms with van der Waals surface area (Å²) in [5.41, 5.74) is 0. The summed E-state index contributed by atoms with van der Waals surface area (Å²) in [6, 6.07) is 1.54. The van der Waals surface area contributed by atoms with E-state index in [0.717, 1.165) is 18.5 Å². The second kappa shape index (κ2) is 8.10. The largest absolute Gasteiger partial charge is 0.313 e. The van der Waals surface area contributed by atoms with Gasteiger partial charge in [-0.3, -0.25) is 0 Å². The average molecular weight is 240 g/mol. The van der Waals surface area contributed by atoms with Gasteiger partial charge in [-0.15, -0.1) is 0 Å². The summed E-state index contributed by atoms with van der Waals surface area (Å²) in [7, 11) is 2.31. The third kappa shape index (κ3) is 4.97. The topological polar surface area (TPSA) is 15.3 Å². The maximum Gasteiger partial charge on any atom is 0.0118 e. The zero-order chi connectivity index (χ0) is 12.7. The summed E-state index contributed by atoms with van der Waals surface area (Å²) in [6.07, 6.45) is 8.20. The van der Waals surface area contributed by atoms with Gasteiger partial charge in [0.1, 0.15) is 0 Å². The van der Waals surface area contributed by atoms with E-state index in [4.69, 9.17) is 0 Å². The lowest BCUT2D eigenvalue weighted by molar-refractivity contribution is 0.139. The zero-order valence-corrected chi connectivity index (χ0v) is 12.3. The summed E-state index contributed by atoms with van der Waals surface area (Å²) in [5.74, 6) is 0.891. The van der Waals surface area contributed by atoms with Gasteiger partial charge in [0.25, 0.3) is 0 Å². The first-order valence-electron chi connectivity index (χ1n) is 7.62. The van der Waals surface area contributed by atoms with Gasteiger partial charge >= 0.3 is 0 Å². The summed E-state index contributed by atoms with van der Waals surface area (Å²) in [5, 5.41) is 3.66. The molecule has 1 rings (SSSR count). The molecule has 1 saturated carbocycles. The normalized spacial score (nSPS) is 25.8. The molecule has 0 amide bonds. The van der Waals surface area contributed by atoms with E-state index >= 15 is 0 Å². The molecular weight excluding hydrogens is 208 g/mol. The van der Waals surface area contributed by atoms with Crippen LogP contribution < -0.4 is 5.32 Å². The Morgan fingerprint density at radius 2 is 1.82 bits per heavy atom. The van der Waals surface area contributed by atoms with E-state index in [1.54, 1.807) is 0 Å². The first-order chi connectivity index (χ1) is 8.19. The fraction of sp³-hybridized carbons (Fsp3) is 1.00. The van der Waals surface area contributed by atoms with Gasteiger partial charge in [0.2, 0.25) is 0 Å². The van der Waals surface area contributed by atoms with Crippen molar-refractivity contribution in [3.8, 4) is 0 Å². The third-order valence-electron chi connectivity index (χ3n) is 4.52. The molecule has 0 aromatic heterocycles. The van der Waals surface area contributed by atoms with Gasteiger partial charge in [0.15, 0.2) is 0 Å². The Kier molecular flexibility index (Phi) is 7.14. The molecule has 102 valence electrons. The lowest BCUT2D eigenvalue weighted by Crippen LogP contribution is -2.43. The molecule has 17 heavy (non-hydrogen) atoms. The van der Waals surface area contributed by atoms with Crippen molar-refractivity contribution in [2.24, 2.45) is 5.92 Å². The Bertz CT molecular complexity index is 189. The number of nitrogens with zero attached hydrogens (tertiary/aromatic N) is 1. The first kappa shape index (κ1) is 15.0. The molecule has 0 bridgehead atoms. The van der Waals surface area contributed by atoms with E-state index in [1.165, 1.54) is 45.1 Å². The second-order valence-corrected chi connectivity index (χ2v) is 5.78. The molecular formula is C15H32N2. The molecule has 2 atom stereocenters.